The van der Waals surface area contributed by atoms with E-state index in [0.29, 0.717) is 25.5 Å². The van der Waals surface area contributed by atoms with E-state index in [1.165, 1.54) is 10.7 Å². The van der Waals surface area contributed by atoms with E-state index in [0.717, 1.165) is 5.56 Å². The molecule has 0 bridgehead atoms. The number of rotatable bonds is 11. The van der Waals surface area contributed by atoms with Gasteiger partial charge in [0.25, 0.3) is 0 Å². The third kappa shape index (κ3) is 6.79. The van der Waals surface area contributed by atoms with E-state index in [4.69, 9.17) is 14.2 Å². The van der Waals surface area contributed by atoms with Gasteiger partial charge in [-0.2, -0.15) is 5.10 Å². The third-order valence-electron chi connectivity index (χ3n) is 3.92. The van der Waals surface area contributed by atoms with Gasteiger partial charge in [-0.1, -0.05) is 30.3 Å². The Hall–Kier alpha value is -2.71. The molecule has 0 spiro atoms. The van der Waals surface area contributed by atoms with Crippen LogP contribution in [0.15, 0.2) is 36.4 Å². The number of hydrogen-bond donors (Lipinski definition) is 1. The van der Waals surface area contributed by atoms with Crippen molar-refractivity contribution in [1.29, 1.82) is 0 Å². The van der Waals surface area contributed by atoms with Gasteiger partial charge in [-0.15, -0.1) is 0 Å². The Bertz CT molecular complexity index is 754. The molecule has 1 amide bonds. The van der Waals surface area contributed by atoms with Crippen LogP contribution in [0.5, 0.6) is 0 Å². The van der Waals surface area contributed by atoms with Crippen LogP contribution in [0.25, 0.3) is 0 Å². The van der Waals surface area contributed by atoms with E-state index in [2.05, 4.69) is 10.4 Å². The molecule has 0 aliphatic rings. The smallest absolute Gasteiger partial charge is 0.413 e. The highest BCUT2D eigenvalue weighted by Gasteiger charge is 2.17. The average Bonchev–Trinajstić information content (AvgIpc) is 3.06. The third-order valence-corrected chi connectivity index (χ3v) is 3.92. The largest absolute Gasteiger partial charge is 0.444 e. The monoisotopic (exact) mass is 389 g/mol. The molecular weight excluding hydrogens is 362 g/mol. The van der Waals surface area contributed by atoms with Crippen molar-refractivity contribution in [2.45, 2.75) is 39.6 Å². The molecular formula is C20H27N3O5. The minimum Gasteiger partial charge on any atom is -0.444 e. The van der Waals surface area contributed by atoms with Gasteiger partial charge in [0, 0.05) is 39.2 Å². The van der Waals surface area contributed by atoms with Gasteiger partial charge >= 0.3 is 6.09 Å². The summed E-state index contributed by atoms with van der Waals surface area (Å²) in [6, 6.07) is 10.9. The molecule has 0 aliphatic heterocycles. The first kappa shape index (κ1) is 21.6. The second-order valence-electron chi connectivity index (χ2n) is 6.03. The molecule has 0 saturated carbocycles. The lowest BCUT2D eigenvalue weighted by Gasteiger charge is -2.15. The molecule has 1 aromatic carbocycles. The van der Waals surface area contributed by atoms with Crippen LogP contribution in [0.3, 0.4) is 0 Å². The highest BCUT2D eigenvalue weighted by molar-refractivity contribution is 5.95. The van der Waals surface area contributed by atoms with Gasteiger partial charge in [-0.3, -0.25) is 14.8 Å². The van der Waals surface area contributed by atoms with Crippen LogP contribution in [0.2, 0.25) is 0 Å². The number of Topliss-reactive ketones (excluding diaryl/α,β-unsaturated/α-hetero) is 1. The number of nitrogens with one attached hydrogen (secondary N) is 1. The van der Waals surface area contributed by atoms with Gasteiger partial charge in [0.2, 0.25) is 0 Å². The highest BCUT2D eigenvalue weighted by Crippen LogP contribution is 2.14. The molecule has 28 heavy (non-hydrogen) atoms. The van der Waals surface area contributed by atoms with Crippen molar-refractivity contribution in [2.75, 3.05) is 18.5 Å². The van der Waals surface area contributed by atoms with Gasteiger partial charge in [0.15, 0.2) is 12.1 Å². The zero-order valence-electron chi connectivity index (χ0n) is 16.5. The lowest BCUT2D eigenvalue weighted by molar-refractivity contribution is -0.138. The number of nitrogens with zero attached hydrogens (tertiary/aromatic N) is 2. The SMILES string of the molecule is CCOC(CCC(=O)c1cc(NC(=O)OCc2ccccc2)n(C)n1)OCC. The molecule has 0 unspecified atom stereocenters. The fourth-order valence-corrected chi connectivity index (χ4v) is 2.55. The van der Waals surface area contributed by atoms with E-state index in [1.807, 2.05) is 44.2 Å². The number of amides is 1. The zero-order chi connectivity index (χ0) is 20.4. The van der Waals surface area contributed by atoms with Crippen LogP contribution in [-0.4, -0.2) is 41.2 Å². The molecule has 0 fully saturated rings. The number of carbonyl (C=O) groups is 2. The van der Waals surface area contributed by atoms with Crippen LogP contribution in [-0.2, 0) is 27.9 Å². The Morgan fingerprint density at radius 2 is 1.82 bits per heavy atom. The summed E-state index contributed by atoms with van der Waals surface area (Å²) < 4.78 is 17.5. The summed E-state index contributed by atoms with van der Waals surface area (Å²) in [7, 11) is 1.65. The average molecular weight is 389 g/mol. The number of hydrogen-bond acceptors (Lipinski definition) is 6. The van der Waals surface area contributed by atoms with Crippen molar-refractivity contribution in [3.05, 3.63) is 47.7 Å². The maximum absolute atomic E-state index is 12.4. The normalized spacial score (nSPS) is 10.9. The van der Waals surface area contributed by atoms with E-state index in [-0.39, 0.29) is 24.5 Å². The van der Waals surface area contributed by atoms with Crippen molar-refractivity contribution in [2.24, 2.45) is 7.05 Å². The first-order chi connectivity index (χ1) is 13.5. The molecule has 1 aromatic heterocycles. The second-order valence-corrected chi connectivity index (χ2v) is 6.03. The van der Waals surface area contributed by atoms with Crippen molar-refractivity contribution in [1.82, 2.24) is 9.78 Å². The molecule has 8 nitrogen and oxygen atoms in total. The van der Waals surface area contributed by atoms with Crippen molar-refractivity contribution in [3.8, 4) is 0 Å². The first-order valence-corrected chi connectivity index (χ1v) is 9.31. The summed E-state index contributed by atoms with van der Waals surface area (Å²) in [6.45, 7) is 4.94. The number of carbonyl (C=O) groups excluding carboxylic acids is 2. The first-order valence-electron chi connectivity index (χ1n) is 9.31. The summed E-state index contributed by atoms with van der Waals surface area (Å²) in [5, 5.41) is 6.77. The Balaban J connectivity index is 1.87. The summed E-state index contributed by atoms with van der Waals surface area (Å²) in [4.78, 5) is 24.4. The van der Waals surface area contributed by atoms with E-state index >= 15 is 0 Å². The van der Waals surface area contributed by atoms with Crippen LogP contribution in [0.1, 0.15) is 42.7 Å². The topological polar surface area (TPSA) is 91.7 Å². The molecule has 0 saturated heterocycles. The molecule has 1 heterocycles. The van der Waals surface area contributed by atoms with E-state index in [9.17, 15) is 9.59 Å². The molecule has 0 radical (unpaired) electrons. The molecule has 2 aromatic rings. The predicted octanol–water partition coefficient (Wildman–Crippen LogP) is 3.53. The van der Waals surface area contributed by atoms with Gasteiger partial charge in [-0.05, 0) is 19.4 Å². The van der Waals surface area contributed by atoms with Gasteiger partial charge in [-0.25, -0.2) is 4.79 Å². The Morgan fingerprint density at radius 1 is 1.14 bits per heavy atom. The maximum atomic E-state index is 12.4. The Kier molecular flexibility index (Phi) is 8.64. The summed E-state index contributed by atoms with van der Waals surface area (Å²) in [5.74, 6) is 0.235. The minimum absolute atomic E-state index is 0.147. The number of ketones is 1. The summed E-state index contributed by atoms with van der Waals surface area (Å²) >= 11 is 0. The molecule has 0 atom stereocenters. The fourth-order valence-electron chi connectivity index (χ4n) is 2.55. The van der Waals surface area contributed by atoms with Crippen LogP contribution in [0.4, 0.5) is 10.6 Å². The van der Waals surface area contributed by atoms with Crippen molar-refractivity contribution in [3.63, 3.8) is 0 Å². The van der Waals surface area contributed by atoms with Crippen LogP contribution < -0.4 is 5.32 Å². The van der Waals surface area contributed by atoms with Gasteiger partial charge in [0.05, 0.1) is 0 Å². The molecule has 152 valence electrons. The molecule has 1 N–H and O–H groups in total. The number of ether oxygens (including phenoxy) is 3. The Morgan fingerprint density at radius 3 is 2.46 bits per heavy atom. The molecule has 0 aliphatic carbocycles. The fraction of sp³-hybridized carbons (Fsp3) is 0.450. The van der Waals surface area contributed by atoms with E-state index in [1.54, 1.807) is 7.05 Å². The minimum atomic E-state index is -0.612. The second kappa shape index (κ2) is 11.2. The van der Waals surface area contributed by atoms with Crippen LogP contribution in [0, 0.1) is 0 Å². The van der Waals surface area contributed by atoms with E-state index < -0.39 is 12.4 Å². The van der Waals surface area contributed by atoms with Gasteiger partial charge in [0.1, 0.15) is 18.1 Å². The summed E-state index contributed by atoms with van der Waals surface area (Å²) in [5.41, 5.74) is 1.16. The lowest BCUT2D eigenvalue weighted by atomic mass is 10.1. The molecule has 8 heteroatoms. The highest BCUT2D eigenvalue weighted by atomic mass is 16.7. The lowest BCUT2D eigenvalue weighted by Crippen LogP contribution is -2.18. The number of aromatic nitrogens is 2. The van der Waals surface area contributed by atoms with Crippen molar-refractivity contribution >= 4 is 17.7 Å². The van der Waals surface area contributed by atoms with Crippen molar-refractivity contribution < 1.29 is 23.8 Å². The van der Waals surface area contributed by atoms with Crippen LogP contribution >= 0.6 is 0 Å². The number of aryl methyl sites for hydroxylation is 1. The number of anilines is 1. The Labute approximate surface area is 164 Å². The summed E-state index contributed by atoms with van der Waals surface area (Å²) in [6.07, 6.45) is -0.342. The van der Waals surface area contributed by atoms with Gasteiger partial charge < -0.3 is 14.2 Å². The zero-order valence-corrected chi connectivity index (χ0v) is 16.5. The quantitative estimate of drug-likeness (QED) is 0.467. The standard InChI is InChI=1S/C20H27N3O5/c1-4-26-19(27-5-2)12-11-17(24)16-13-18(23(3)22-16)21-20(25)28-14-15-9-7-6-8-10-15/h6-10,13,19H,4-5,11-12,14H2,1-3H3,(H,21,25). The molecule has 2 rings (SSSR count). The number of benzene rings is 1. The maximum Gasteiger partial charge on any atom is 0.413 e. The predicted molar refractivity (Wildman–Crippen MR) is 104 cm³/mol.